The molecule has 0 radical (unpaired) electrons. The zero-order valence-corrected chi connectivity index (χ0v) is 22.4. The van der Waals surface area contributed by atoms with Gasteiger partial charge in [-0.1, -0.05) is 72.8 Å². The summed E-state index contributed by atoms with van der Waals surface area (Å²) in [5.41, 5.74) is 5.83. The van der Waals surface area contributed by atoms with E-state index in [1.807, 2.05) is 48.5 Å². The Balaban J connectivity index is 1.36. The molecule has 0 heterocycles. The van der Waals surface area contributed by atoms with Crippen molar-refractivity contribution in [1.82, 2.24) is 5.32 Å². The molecular weight excluding hydrogens is 505 g/mol. The van der Waals surface area contributed by atoms with E-state index in [1.54, 1.807) is 38.1 Å². The van der Waals surface area contributed by atoms with Crippen LogP contribution in [-0.2, 0) is 35.7 Å². The van der Waals surface area contributed by atoms with Gasteiger partial charge in [0, 0.05) is 12.3 Å². The second-order valence-electron chi connectivity index (χ2n) is 8.99. The van der Waals surface area contributed by atoms with Crippen LogP contribution in [0.25, 0.3) is 11.1 Å². The second kappa shape index (κ2) is 12.4. The fourth-order valence-corrected chi connectivity index (χ4v) is 6.45. The first-order valence-electron chi connectivity index (χ1n) is 12.6. The van der Waals surface area contributed by atoms with E-state index in [-0.39, 0.29) is 38.3 Å². The molecule has 0 spiro atoms. The first-order valence-corrected chi connectivity index (χ1v) is 14.4. The van der Waals surface area contributed by atoms with E-state index in [2.05, 4.69) is 5.32 Å². The molecule has 9 heteroatoms. The second-order valence-corrected chi connectivity index (χ2v) is 11.0. The van der Waals surface area contributed by atoms with Gasteiger partial charge in [0.2, 0.25) is 0 Å². The van der Waals surface area contributed by atoms with E-state index < -0.39 is 25.7 Å². The Morgan fingerprint density at radius 2 is 1.39 bits per heavy atom. The van der Waals surface area contributed by atoms with Crippen LogP contribution in [0.15, 0.2) is 72.8 Å². The summed E-state index contributed by atoms with van der Waals surface area (Å²) in [6.07, 6.45) is -0.603. The molecule has 1 aliphatic carbocycles. The molecule has 0 aromatic heterocycles. The number of carbonyl (C=O) groups is 2. The van der Waals surface area contributed by atoms with Crippen molar-refractivity contribution in [3.05, 3.63) is 95.1 Å². The Labute approximate surface area is 222 Å². The topological polar surface area (TPSA) is 111 Å². The van der Waals surface area contributed by atoms with Crippen LogP contribution < -0.4 is 5.32 Å². The Morgan fingerprint density at radius 3 is 1.92 bits per heavy atom. The SMILES string of the molecule is CCOP(=O)(Cc1ccc(C[C@@H](NC(=O)OCC2c3ccccc3-c3ccccc32)C(=O)O)cc1)OCC. The summed E-state index contributed by atoms with van der Waals surface area (Å²) >= 11 is 0. The standard InChI is InChI=1S/C29H32NO7P/c1-3-36-38(34,37-4-2)19-21-15-13-20(14-16-21)17-27(28(31)32)30-29(33)35-18-26-24-11-7-5-9-22(24)23-10-6-8-12-25(23)26/h5-16,26-27H,3-4,17-19H2,1-2H3,(H,30,33)(H,31,32)/t27-/m1/s1. The van der Waals surface area contributed by atoms with Gasteiger partial charge in [0.05, 0.1) is 19.4 Å². The summed E-state index contributed by atoms with van der Waals surface area (Å²) in [6.45, 7) is 4.16. The van der Waals surface area contributed by atoms with Gasteiger partial charge in [-0.05, 0) is 47.2 Å². The lowest BCUT2D eigenvalue weighted by Crippen LogP contribution is -2.42. The number of nitrogens with one attached hydrogen (secondary N) is 1. The third-order valence-corrected chi connectivity index (χ3v) is 8.48. The summed E-state index contributed by atoms with van der Waals surface area (Å²) in [6, 6.07) is 21.8. The van der Waals surface area contributed by atoms with E-state index in [0.717, 1.165) is 27.8 Å². The molecule has 1 amide bonds. The zero-order chi connectivity index (χ0) is 27.1. The highest BCUT2D eigenvalue weighted by atomic mass is 31.2. The molecule has 200 valence electrons. The molecule has 3 aromatic rings. The van der Waals surface area contributed by atoms with Gasteiger partial charge in [-0.15, -0.1) is 0 Å². The van der Waals surface area contributed by atoms with Crippen molar-refractivity contribution < 1.29 is 33.0 Å². The Morgan fingerprint density at radius 1 is 0.868 bits per heavy atom. The number of amides is 1. The average Bonchev–Trinajstić information content (AvgIpc) is 3.22. The summed E-state index contributed by atoms with van der Waals surface area (Å²) in [5.74, 6) is -1.28. The van der Waals surface area contributed by atoms with Gasteiger partial charge in [0.25, 0.3) is 0 Å². The molecule has 3 aromatic carbocycles. The van der Waals surface area contributed by atoms with Gasteiger partial charge >= 0.3 is 19.7 Å². The van der Waals surface area contributed by atoms with Crippen molar-refractivity contribution in [3.63, 3.8) is 0 Å². The summed E-state index contributed by atoms with van der Waals surface area (Å²) in [7, 11) is -3.24. The van der Waals surface area contributed by atoms with Gasteiger partial charge in [-0.3, -0.25) is 4.57 Å². The molecule has 0 fully saturated rings. The van der Waals surface area contributed by atoms with Crippen LogP contribution in [0.4, 0.5) is 4.79 Å². The monoisotopic (exact) mass is 537 g/mol. The average molecular weight is 538 g/mol. The quantitative estimate of drug-likeness (QED) is 0.273. The van der Waals surface area contributed by atoms with E-state index in [1.165, 1.54) is 0 Å². The van der Waals surface area contributed by atoms with E-state index in [4.69, 9.17) is 13.8 Å². The molecule has 4 rings (SSSR count). The third-order valence-electron chi connectivity index (χ3n) is 6.42. The first-order chi connectivity index (χ1) is 18.3. The maximum absolute atomic E-state index is 12.8. The molecule has 1 aliphatic rings. The molecule has 0 aliphatic heterocycles. The number of aliphatic carboxylic acids is 1. The Kier molecular flexibility index (Phi) is 9.00. The fourth-order valence-electron chi connectivity index (χ4n) is 4.74. The van der Waals surface area contributed by atoms with Gasteiger partial charge in [-0.2, -0.15) is 0 Å². The van der Waals surface area contributed by atoms with Crippen molar-refractivity contribution in [2.45, 2.75) is 38.4 Å². The van der Waals surface area contributed by atoms with E-state index >= 15 is 0 Å². The first kappa shape index (κ1) is 27.6. The van der Waals surface area contributed by atoms with Crippen molar-refractivity contribution in [1.29, 1.82) is 0 Å². The number of carbonyl (C=O) groups excluding carboxylic acids is 1. The van der Waals surface area contributed by atoms with E-state index in [0.29, 0.717) is 5.56 Å². The van der Waals surface area contributed by atoms with Gasteiger partial charge in [-0.25, -0.2) is 9.59 Å². The number of alkyl carbamates (subject to hydrolysis) is 1. The predicted octanol–water partition coefficient (Wildman–Crippen LogP) is 5.99. The highest BCUT2D eigenvalue weighted by Crippen LogP contribution is 2.51. The molecular formula is C29H32NO7P. The summed E-state index contributed by atoms with van der Waals surface area (Å²) in [5, 5.41) is 12.2. The number of hydrogen-bond donors (Lipinski definition) is 2. The fraction of sp³-hybridized carbons (Fsp3) is 0.310. The van der Waals surface area contributed by atoms with Crippen LogP contribution >= 0.6 is 7.60 Å². The zero-order valence-electron chi connectivity index (χ0n) is 21.5. The lowest BCUT2D eigenvalue weighted by atomic mass is 9.98. The summed E-state index contributed by atoms with van der Waals surface area (Å²) in [4.78, 5) is 24.5. The van der Waals surface area contributed by atoms with Crippen LogP contribution in [0.5, 0.6) is 0 Å². The van der Waals surface area contributed by atoms with Crippen LogP contribution in [0.1, 0.15) is 42.0 Å². The number of rotatable bonds is 12. The molecule has 8 nitrogen and oxygen atoms in total. The van der Waals surface area contributed by atoms with Gasteiger partial charge in [0.15, 0.2) is 0 Å². The molecule has 0 saturated carbocycles. The molecule has 0 unspecified atom stereocenters. The molecule has 0 bridgehead atoms. The minimum absolute atomic E-state index is 0.0639. The smallest absolute Gasteiger partial charge is 0.407 e. The minimum atomic E-state index is -3.24. The van der Waals surface area contributed by atoms with Gasteiger partial charge in [0.1, 0.15) is 12.6 Å². The van der Waals surface area contributed by atoms with Crippen LogP contribution in [0, 0.1) is 0 Å². The van der Waals surface area contributed by atoms with Gasteiger partial charge < -0.3 is 24.2 Å². The van der Waals surface area contributed by atoms with Crippen LogP contribution in [0.3, 0.4) is 0 Å². The number of fused-ring (bicyclic) bond motifs is 3. The maximum Gasteiger partial charge on any atom is 0.407 e. The molecule has 38 heavy (non-hydrogen) atoms. The lowest BCUT2D eigenvalue weighted by molar-refractivity contribution is -0.139. The Bertz CT molecular complexity index is 1270. The van der Waals surface area contributed by atoms with Crippen molar-refractivity contribution in [2.75, 3.05) is 19.8 Å². The van der Waals surface area contributed by atoms with Crippen molar-refractivity contribution in [2.24, 2.45) is 0 Å². The lowest BCUT2D eigenvalue weighted by Gasteiger charge is -2.18. The third kappa shape index (κ3) is 6.51. The van der Waals surface area contributed by atoms with Crippen LogP contribution in [-0.4, -0.2) is 43.0 Å². The highest BCUT2D eigenvalue weighted by Gasteiger charge is 2.30. The largest absolute Gasteiger partial charge is 0.480 e. The molecule has 1 atom stereocenters. The predicted molar refractivity (Wildman–Crippen MR) is 144 cm³/mol. The summed E-state index contributed by atoms with van der Waals surface area (Å²) < 4.78 is 28.9. The highest BCUT2D eigenvalue weighted by molar-refractivity contribution is 7.53. The molecule has 2 N–H and O–H groups in total. The van der Waals surface area contributed by atoms with Crippen LogP contribution in [0.2, 0.25) is 0 Å². The number of carboxylic acids is 1. The number of hydrogen-bond acceptors (Lipinski definition) is 6. The number of carboxylic acid groups (broad SMARTS) is 1. The number of ether oxygens (including phenoxy) is 1. The van der Waals surface area contributed by atoms with Crippen molar-refractivity contribution in [3.8, 4) is 11.1 Å². The molecule has 0 saturated heterocycles. The minimum Gasteiger partial charge on any atom is -0.480 e. The Hall–Kier alpha value is -3.45. The van der Waals surface area contributed by atoms with E-state index in [9.17, 15) is 19.3 Å². The maximum atomic E-state index is 12.8. The number of benzene rings is 3. The van der Waals surface area contributed by atoms with Crippen molar-refractivity contribution >= 4 is 19.7 Å². The normalized spacial score (nSPS) is 13.4.